The molecule has 1 atom stereocenters. The van der Waals surface area contributed by atoms with Gasteiger partial charge in [-0.2, -0.15) is 0 Å². The van der Waals surface area contributed by atoms with Gasteiger partial charge < -0.3 is 0 Å². The van der Waals surface area contributed by atoms with Crippen molar-refractivity contribution in [3.05, 3.63) is 29.3 Å². The minimum atomic E-state index is -2.50. The van der Waals surface area contributed by atoms with E-state index in [1.165, 1.54) is 63.0 Å². The molecular formula is C22H36OSn. The van der Waals surface area contributed by atoms with Crippen molar-refractivity contribution in [2.45, 2.75) is 86.0 Å². The summed E-state index contributed by atoms with van der Waals surface area (Å²) < 4.78 is 5.95. The van der Waals surface area contributed by atoms with Crippen molar-refractivity contribution in [3.63, 3.8) is 0 Å². The van der Waals surface area contributed by atoms with E-state index in [0.717, 1.165) is 6.42 Å². The zero-order valence-corrected chi connectivity index (χ0v) is 19.1. The van der Waals surface area contributed by atoms with Crippen molar-refractivity contribution in [2.75, 3.05) is 0 Å². The van der Waals surface area contributed by atoms with Crippen LogP contribution < -0.4 is 3.58 Å². The predicted molar refractivity (Wildman–Crippen MR) is 108 cm³/mol. The van der Waals surface area contributed by atoms with Crippen molar-refractivity contribution in [3.8, 4) is 0 Å². The number of rotatable bonds is 10. The summed E-state index contributed by atoms with van der Waals surface area (Å²) in [5, 5.41) is 0. The summed E-state index contributed by atoms with van der Waals surface area (Å²) in [5.41, 5.74) is 2.56. The summed E-state index contributed by atoms with van der Waals surface area (Å²) in [6.45, 7) is 9.07. The molecule has 1 nitrogen and oxygen atoms in total. The van der Waals surface area contributed by atoms with E-state index in [1.54, 1.807) is 3.58 Å². The van der Waals surface area contributed by atoms with Crippen molar-refractivity contribution < 1.29 is 4.79 Å². The molecule has 2 heteroatoms. The Morgan fingerprint density at radius 3 is 2.00 bits per heavy atom. The molecule has 0 fully saturated rings. The molecule has 0 spiro atoms. The SMILES string of the molecule is CCC[CH2][Sn]([CH2]CCC)([CH2]CCC)[c]1cccc2c1C(=O)C(C)C2. The molecule has 1 unspecified atom stereocenters. The number of carbonyl (C=O) groups excluding carboxylic acids is 1. The van der Waals surface area contributed by atoms with Crippen LogP contribution in [0.15, 0.2) is 18.2 Å². The van der Waals surface area contributed by atoms with Crippen LogP contribution >= 0.6 is 0 Å². The Balaban J connectivity index is 2.49. The maximum atomic E-state index is 12.9. The number of fused-ring (bicyclic) bond motifs is 1. The van der Waals surface area contributed by atoms with Gasteiger partial charge in [-0.25, -0.2) is 0 Å². The standard InChI is InChI=1S/C10H9O.3C4H9.Sn/c1-7-6-8-4-2-3-5-9(8)10(7)11;3*1-3-4-2;/h2-4,7H,6H2,1H3;3*1,3-4H2,2H3;. The van der Waals surface area contributed by atoms with E-state index in [4.69, 9.17) is 0 Å². The van der Waals surface area contributed by atoms with Gasteiger partial charge in [0.25, 0.3) is 0 Å². The molecule has 0 aromatic heterocycles. The van der Waals surface area contributed by atoms with Gasteiger partial charge >= 0.3 is 154 Å². The van der Waals surface area contributed by atoms with Crippen LogP contribution in [0.25, 0.3) is 0 Å². The quantitative estimate of drug-likeness (QED) is 0.405. The van der Waals surface area contributed by atoms with Crippen molar-refractivity contribution in [1.82, 2.24) is 0 Å². The average molecular weight is 435 g/mol. The maximum absolute atomic E-state index is 12.9. The molecule has 0 radical (unpaired) electrons. The second kappa shape index (κ2) is 9.40. The molecule has 0 bridgehead atoms. The van der Waals surface area contributed by atoms with Gasteiger partial charge in [0.2, 0.25) is 0 Å². The van der Waals surface area contributed by atoms with Crippen LogP contribution in [0.1, 0.15) is 82.1 Å². The average Bonchev–Trinajstić information content (AvgIpc) is 2.89. The van der Waals surface area contributed by atoms with Crippen LogP contribution in [0.4, 0.5) is 0 Å². The Hall–Kier alpha value is -0.311. The molecule has 2 rings (SSSR count). The fourth-order valence-corrected chi connectivity index (χ4v) is 21.4. The molecule has 0 amide bonds. The van der Waals surface area contributed by atoms with Gasteiger partial charge in [-0.1, -0.05) is 0 Å². The number of carbonyl (C=O) groups is 1. The van der Waals surface area contributed by atoms with Gasteiger partial charge in [-0.15, -0.1) is 0 Å². The molecule has 1 aromatic carbocycles. The fourth-order valence-electron chi connectivity index (χ4n) is 4.50. The monoisotopic (exact) mass is 436 g/mol. The van der Waals surface area contributed by atoms with Gasteiger partial charge in [0.1, 0.15) is 0 Å². The van der Waals surface area contributed by atoms with E-state index >= 15 is 0 Å². The van der Waals surface area contributed by atoms with Crippen LogP contribution in [0.3, 0.4) is 0 Å². The van der Waals surface area contributed by atoms with Gasteiger partial charge in [-0.05, 0) is 0 Å². The van der Waals surface area contributed by atoms with E-state index in [2.05, 4.69) is 45.9 Å². The summed E-state index contributed by atoms with van der Waals surface area (Å²) >= 11 is -2.50. The second-order valence-corrected chi connectivity index (χ2v) is 21.0. The third-order valence-electron chi connectivity index (χ3n) is 5.97. The van der Waals surface area contributed by atoms with E-state index in [9.17, 15) is 4.79 Å². The molecule has 1 aliphatic rings. The molecule has 134 valence electrons. The summed E-state index contributed by atoms with van der Waals surface area (Å²) in [6, 6.07) is 6.86. The number of benzene rings is 1. The number of ketones is 1. The molecule has 0 aliphatic heterocycles. The number of Topliss-reactive ketones (excluding diaryl/α,β-unsaturated/α-hetero) is 1. The summed E-state index contributed by atoms with van der Waals surface area (Å²) in [6.07, 6.45) is 8.91. The zero-order valence-electron chi connectivity index (χ0n) is 16.3. The van der Waals surface area contributed by atoms with Crippen LogP contribution in [-0.4, -0.2) is 24.2 Å². The van der Waals surface area contributed by atoms with E-state index in [-0.39, 0.29) is 5.92 Å². The Kier molecular flexibility index (Phi) is 7.84. The third-order valence-corrected chi connectivity index (χ3v) is 21.6. The van der Waals surface area contributed by atoms with Gasteiger partial charge in [0, 0.05) is 0 Å². The van der Waals surface area contributed by atoms with Gasteiger partial charge in [0.05, 0.1) is 0 Å². The molecule has 0 saturated carbocycles. The van der Waals surface area contributed by atoms with Crippen molar-refractivity contribution in [1.29, 1.82) is 0 Å². The van der Waals surface area contributed by atoms with Gasteiger partial charge in [0.15, 0.2) is 0 Å². The molecule has 1 aromatic rings. The molecule has 24 heavy (non-hydrogen) atoms. The Morgan fingerprint density at radius 2 is 1.50 bits per heavy atom. The zero-order chi connectivity index (χ0) is 17.6. The Morgan fingerprint density at radius 1 is 0.958 bits per heavy atom. The van der Waals surface area contributed by atoms with Crippen LogP contribution in [-0.2, 0) is 6.42 Å². The summed E-state index contributed by atoms with van der Waals surface area (Å²) in [7, 11) is 0. The fraction of sp³-hybridized carbons (Fsp3) is 0.682. The van der Waals surface area contributed by atoms with E-state index in [1.807, 2.05) is 0 Å². The first-order chi connectivity index (χ1) is 11.6. The Labute approximate surface area is 153 Å². The van der Waals surface area contributed by atoms with Crippen LogP contribution in [0, 0.1) is 5.92 Å². The topological polar surface area (TPSA) is 17.1 Å². The number of hydrogen-bond acceptors (Lipinski definition) is 1. The van der Waals surface area contributed by atoms with E-state index < -0.39 is 18.4 Å². The molecule has 0 heterocycles. The van der Waals surface area contributed by atoms with E-state index in [0.29, 0.717) is 5.78 Å². The Bertz CT molecular complexity index is 527. The van der Waals surface area contributed by atoms with Crippen molar-refractivity contribution in [2.24, 2.45) is 5.92 Å². The number of hydrogen-bond donors (Lipinski definition) is 0. The molecular weight excluding hydrogens is 399 g/mol. The molecule has 1 aliphatic carbocycles. The molecule has 0 saturated heterocycles. The predicted octanol–water partition coefficient (Wildman–Crippen LogP) is 6.12. The summed E-state index contributed by atoms with van der Waals surface area (Å²) in [4.78, 5) is 12.9. The first-order valence-corrected chi connectivity index (χ1v) is 17.7. The molecule has 0 N–H and O–H groups in total. The normalized spacial score (nSPS) is 17.3. The summed E-state index contributed by atoms with van der Waals surface area (Å²) in [5.74, 6) is 0.653. The number of unbranched alkanes of at least 4 members (excludes halogenated alkanes) is 3. The third kappa shape index (κ3) is 4.26. The first-order valence-electron chi connectivity index (χ1n) is 10.3. The van der Waals surface area contributed by atoms with Gasteiger partial charge in [-0.3, -0.25) is 0 Å². The van der Waals surface area contributed by atoms with Crippen molar-refractivity contribution >= 4 is 27.7 Å². The van der Waals surface area contributed by atoms with Crippen LogP contribution in [0.5, 0.6) is 0 Å². The minimum absolute atomic E-state index is 0.202. The first kappa shape index (κ1) is 20.0. The second-order valence-electron chi connectivity index (χ2n) is 7.90. The van der Waals surface area contributed by atoms with Crippen LogP contribution in [0.2, 0.25) is 13.3 Å².